The number of halogens is 1. The number of benzene rings is 1. The number of sulfonamides is 1. The zero-order valence-electron chi connectivity index (χ0n) is 12.1. The van der Waals surface area contributed by atoms with Crippen LogP contribution in [0.25, 0.3) is 0 Å². The average Bonchev–Trinajstić information content (AvgIpc) is 2.97. The van der Waals surface area contributed by atoms with Crippen LogP contribution in [0, 0.1) is 0 Å². The number of carbonyl (C=O) groups is 1. The lowest BCUT2D eigenvalue weighted by Gasteiger charge is -2.21. The van der Waals surface area contributed by atoms with Crippen LogP contribution in [0.15, 0.2) is 56.7 Å². The summed E-state index contributed by atoms with van der Waals surface area (Å²) in [5.74, 6) is -0.101. The average molecular weight is 400 g/mol. The van der Waals surface area contributed by atoms with Gasteiger partial charge < -0.3 is 4.42 Å². The highest BCUT2D eigenvalue weighted by Crippen LogP contribution is 2.21. The first kappa shape index (κ1) is 17.2. The SMILES string of the molecule is CS(=O)(=O)N(CC(=O)N/N=C\c1ccco1)c1cccc(Br)c1. The van der Waals surface area contributed by atoms with Crippen molar-refractivity contribution in [3.63, 3.8) is 0 Å². The van der Waals surface area contributed by atoms with Crippen LogP contribution in [0.1, 0.15) is 5.76 Å². The quantitative estimate of drug-likeness (QED) is 0.593. The van der Waals surface area contributed by atoms with Crippen molar-refractivity contribution in [1.29, 1.82) is 0 Å². The van der Waals surface area contributed by atoms with E-state index < -0.39 is 15.9 Å². The largest absolute Gasteiger partial charge is 0.463 e. The zero-order valence-corrected chi connectivity index (χ0v) is 14.5. The lowest BCUT2D eigenvalue weighted by atomic mass is 10.3. The molecule has 122 valence electrons. The van der Waals surface area contributed by atoms with E-state index in [1.54, 1.807) is 36.4 Å². The fourth-order valence-corrected chi connectivity index (χ4v) is 2.97. The summed E-state index contributed by atoms with van der Waals surface area (Å²) in [4.78, 5) is 11.9. The molecule has 1 heterocycles. The number of furan rings is 1. The molecule has 0 bridgehead atoms. The molecule has 9 heteroatoms. The minimum absolute atomic E-state index is 0.382. The Morgan fingerprint density at radius 1 is 1.39 bits per heavy atom. The molecule has 0 aliphatic carbocycles. The third kappa shape index (κ3) is 5.22. The highest BCUT2D eigenvalue weighted by molar-refractivity contribution is 9.10. The molecule has 0 saturated carbocycles. The molecule has 0 aliphatic heterocycles. The van der Waals surface area contributed by atoms with Crippen LogP contribution in [-0.4, -0.2) is 33.3 Å². The van der Waals surface area contributed by atoms with E-state index in [1.165, 1.54) is 12.5 Å². The molecule has 0 radical (unpaired) electrons. The molecule has 0 spiro atoms. The summed E-state index contributed by atoms with van der Waals surface area (Å²) in [6.07, 6.45) is 3.83. The molecular formula is C14H14BrN3O4S. The van der Waals surface area contributed by atoms with Crippen molar-refractivity contribution in [2.45, 2.75) is 0 Å². The first-order valence-corrected chi connectivity index (χ1v) is 9.09. The molecular weight excluding hydrogens is 386 g/mol. The van der Waals surface area contributed by atoms with Crippen molar-refractivity contribution in [1.82, 2.24) is 5.43 Å². The molecule has 0 fully saturated rings. The Bertz CT molecular complexity index is 803. The van der Waals surface area contributed by atoms with E-state index in [9.17, 15) is 13.2 Å². The van der Waals surface area contributed by atoms with Gasteiger partial charge in [-0.1, -0.05) is 22.0 Å². The Kier molecular flexibility index (Phi) is 5.56. The fraction of sp³-hybridized carbons (Fsp3) is 0.143. The van der Waals surface area contributed by atoms with E-state index in [0.29, 0.717) is 15.9 Å². The smallest absolute Gasteiger partial charge is 0.260 e. The van der Waals surface area contributed by atoms with Gasteiger partial charge in [0, 0.05) is 4.47 Å². The summed E-state index contributed by atoms with van der Waals surface area (Å²) in [6.45, 7) is -0.384. The van der Waals surface area contributed by atoms with Crippen molar-refractivity contribution in [2.75, 3.05) is 17.1 Å². The summed E-state index contributed by atoms with van der Waals surface area (Å²) in [7, 11) is -3.62. The maximum Gasteiger partial charge on any atom is 0.260 e. The standard InChI is InChI=1S/C14H14BrN3O4S/c1-23(20,21)18(12-5-2-4-11(15)8-12)10-14(19)17-16-9-13-6-3-7-22-13/h2-9H,10H2,1H3,(H,17,19)/b16-9-. The molecule has 0 atom stereocenters. The predicted octanol–water partition coefficient (Wildman–Crippen LogP) is 1.96. The number of carbonyl (C=O) groups excluding carboxylic acids is 1. The first-order chi connectivity index (χ1) is 10.9. The summed E-state index contributed by atoms with van der Waals surface area (Å²) in [5, 5.41) is 3.71. The van der Waals surface area contributed by atoms with Crippen LogP contribution in [0.2, 0.25) is 0 Å². The maximum absolute atomic E-state index is 11.9. The van der Waals surface area contributed by atoms with E-state index in [0.717, 1.165) is 10.6 Å². The summed E-state index contributed by atoms with van der Waals surface area (Å²) in [5.41, 5.74) is 2.64. The van der Waals surface area contributed by atoms with Gasteiger partial charge in [0.05, 0.1) is 24.4 Å². The Labute approximate surface area is 142 Å². The highest BCUT2D eigenvalue weighted by Gasteiger charge is 2.20. The second-order valence-electron chi connectivity index (χ2n) is 4.56. The van der Waals surface area contributed by atoms with Crippen molar-refractivity contribution in [3.8, 4) is 0 Å². The van der Waals surface area contributed by atoms with Crippen LogP contribution in [0.3, 0.4) is 0 Å². The van der Waals surface area contributed by atoms with Gasteiger partial charge in [-0.2, -0.15) is 5.10 Å². The first-order valence-electron chi connectivity index (χ1n) is 6.45. The lowest BCUT2D eigenvalue weighted by Crippen LogP contribution is -2.39. The van der Waals surface area contributed by atoms with Gasteiger partial charge in [0.2, 0.25) is 10.0 Å². The second kappa shape index (κ2) is 7.42. The van der Waals surface area contributed by atoms with Gasteiger partial charge in [-0.05, 0) is 30.3 Å². The molecule has 1 amide bonds. The van der Waals surface area contributed by atoms with Crippen molar-refractivity contribution in [2.24, 2.45) is 5.10 Å². The number of nitrogens with one attached hydrogen (secondary N) is 1. The summed E-state index contributed by atoms with van der Waals surface area (Å²) < 4.78 is 30.6. The molecule has 2 rings (SSSR count). The minimum Gasteiger partial charge on any atom is -0.463 e. The molecule has 7 nitrogen and oxygen atoms in total. The molecule has 0 unspecified atom stereocenters. The van der Waals surface area contributed by atoms with Crippen molar-refractivity contribution < 1.29 is 17.6 Å². The van der Waals surface area contributed by atoms with Gasteiger partial charge in [-0.25, -0.2) is 13.8 Å². The van der Waals surface area contributed by atoms with Crippen LogP contribution in [0.4, 0.5) is 5.69 Å². The van der Waals surface area contributed by atoms with E-state index >= 15 is 0 Å². The number of hydrogen-bond donors (Lipinski definition) is 1. The Balaban J connectivity index is 2.08. The number of hydrazone groups is 1. The van der Waals surface area contributed by atoms with Crippen LogP contribution in [-0.2, 0) is 14.8 Å². The number of hydrogen-bond acceptors (Lipinski definition) is 5. The van der Waals surface area contributed by atoms with Gasteiger partial charge in [0.15, 0.2) is 0 Å². The minimum atomic E-state index is -3.62. The normalized spacial score (nSPS) is 11.6. The third-order valence-electron chi connectivity index (χ3n) is 2.71. The van der Waals surface area contributed by atoms with Crippen LogP contribution >= 0.6 is 15.9 Å². The highest BCUT2D eigenvalue weighted by atomic mass is 79.9. The Morgan fingerprint density at radius 3 is 2.78 bits per heavy atom. The molecule has 1 aromatic heterocycles. The van der Waals surface area contributed by atoms with E-state index in [2.05, 4.69) is 26.5 Å². The predicted molar refractivity (Wildman–Crippen MR) is 90.8 cm³/mol. The summed E-state index contributed by atoms with van der Waals surface area (Å²) >= 11 is 3.27. The van der Waals surface area contributed by atoms with Crippen molar-refractivity contribution >= 4 is 43.8 Å². The molecule has 2 aromatic rings. The van der Waals surface area contributed by atoms with Gasteiger partial charge in [0.25, 0.3) is 5.91 Å². The maximum atomic E-state index is 11.9. The van der Waals surface area contributed by atoms with E-state index in [1.807, 2.05) is 0 Å². The fourth-order valence-electron chi connectivity index (χ4n) is 1.73. The molecule has 0 saturated heterocycles. The monoisotopic (exact) mass is 399 g/mol. The van der Waals surface area contributed by atoms with E-state index in [-0.39, 0.29) is 6.54 Å². The van der Waals surface area contributed by atoms with Gasteiger partial charge in [-0.15, -0.1) is 0 Å². The number of rotatable bonds is 6. The Morgan fingerprint density at radius 2 is 2.17 bits per heavy atom. The number of nitrogens with zero attached hydrogens (tertiary/aromatic N) is 2. The zero-order chi connectivity index (χ0) is 16.9. The van der Waals surface area contributed by atoms with Crippen LogP contribution < -0.4 is 9.73 Å². The Hall–Kier alpha value is -2.13. The van der Waals surface area contributed by atoms with E-state index in [4.69, 9.17) is 4.42 Å². The molecule has 0 aliphatic rings. The molecule has 23 heavy (non-hydrogen) atoms. The lowest BCUT2D eigenvalue weighted by molar-refractivity contribution is -0.119. The van der Waals surface area contributed by atoms with Gasteiger partial charge in [0.1, 0.15) is 12.3 Å². The number of anilines is 1. The summed E-state index contributed by atoms with van der Waals surface area (Å²) in [6, 6.07) is 10.0. The number of amides is 1. The van der Waals surface area contributed by atoms with Gasteiger partial charge in [-0.3, -0.25) is 9.10 Å². The topological polar surface area (TPSA) is 92.0 Å². The van der Waals surface area contributed by atoms with Crippen molar-refractivity contribution in [3.05, 3.63) is 52.9 Å². The third-order valence-corrected chi connectivity index (χ3v) is 4.34. The molecule has 1 N–H and O–H groups in total. The van der Waals surface area contributed by atoms with Crippen LogP contribution in [0.5, 0.6) is 0 Å². The van der Waals surface area contributed by atoms with Gasteiger partial charge >= 0.3 is 0 Å². The second-order valence-corrected chi connectivity index (χ2v) is 7.38. The molecule has 1 aromatic carbocycles.